The summed E-state index contributed by atoms with van der Waals surface area (Å²) in [5.41, 5.74) is 0.639. The van der Waals surface area contributed by atoms with Crippen molar-refractivity contribution >= 4 is 35.1 Å². The molecule has 0 fully saturated rings. The van der Waals surface area contributed by atoms with Crippen molar-refractivity contribution in [2.45, 2.75) is 19.2 Å². The molecule has 2 aromatic rings. The van der Waals surface area contributed by atoms with Crippen LogP contribution in [-0.2, 0) is 10.9 Å². The largest absolute Gasteiger partial charge is 0.416 e. The molecule has 0 aliphatic heterocycles. The molecule has 0 radical (unpaired) electrons. The summed E-state index contributed by atoms with van der Waals surface area (Å²) in [6, 6.07) is 4.92. The lowest BCUT2D eigenvalue weighted by molar-refractivity contribution is -0.137. The van der Waals surface area contributed by atoms with E-state index >= 15 is 0 Å². The maximum absolute atomic E-state index is 12.5. The summed E-state index contributed by atoms with van der Waals surface area (Å²) in [5.74, 6) is 0. The number of ether oxygens (including phenoxy) is 1. The van der Waals surface area contributed by atoms with Crippen LogP contribution in [0.25, 0.3) is 12.2 Å². The minimum Gasteiger partial charge on any atom is -0.375 e. The Hall–Kier alpha value is -1.37. The fraction of sp³-hybridized carbons (Fsp3) is 0.267. The zero-order chi connectivity index (χ0) is 16.3. The predicted molar refractivity (Wildman–Crippen MR) is 82.9 cm³/mol. The van der Waals surface area contributed by atoms with Gasteiger partial charge in [0.05, 0.1) is 17.4 Å². The Balaban J connectivity index is 2.15. The van der Waals surface area contributed by atoms with Crippen LogP contribution < -0.4 is 0 Å². The lowest BCUT2D eigenvalue weighted by atomic mass is 10.1. The van der Waals surface area contributed by atoms with Crippen molar-refractivity contribution in [2.24, 2.45) is 0 Å². The van der Waals surface area contributed by atoms with Crippen molar-refractivity contribution in [3.63, 3.8) is 0 Å². The number of alkyl halides is 3. The summed E-state index contributed by atoms with van der Waals surface area (Å²) >= 11 is 7.38. The Kier molecular flexibility index (Phi) is 5.26. The summed E-state index contributed by atoms with van der Waals surface area (Å²) in [4.78, 5) is 4.35. The molecule has 2 nitrogen and oxygen atoms in total. The quantitative estimate of drug-likeness (QED) is 0.708. The number of aromatic nitrogens is 1. The van der Waals surface area contributed by atoms with Gasteiger partial charge < -0.3 is 4.74 Å². The summed E-state index contributed by atoms with van der Waals surface area (Å²) in [6.07, 6.45) is -1.13. The predicted octanol–water partition coefficient (Wildman–Crippen LogP) is 5.69. The third-order valence-corrected chi connectivity index (χ3v) is 4.27. The Bertz CT molecular complexity index is 664. The number of nitrogens with zero attached hydrogens (tertiary/aromatic N) is 1. The van der Waals surface area contributed by atoms with Gasteiger partial charge in [-0.15, -0.1) is 11.3 Å². The molecule has 0 spiro atoms. The van der Waals surface area contributed by atoms with E-state index in [9.17, 15) is 13.2 Å². The molecular formula is C15H13ClF3NOS. The first-order valence-electron chi connectivity index (χ1n) is 6.35. The van der Waals surface area contributed by atoms with Gasteiger partial charge in [0, 0.05) is 7.11 Å². The maximum atomic E-state index is 12.5. The highest BCUT2D eigenvalue weighted by atomic mass is 35.5. The number of benzene rings is 1. The van der Waals surface area contributed by atoms with Gasteiger partial charge in [0.1, 0.15) is 9.34 Å². The maximum Gasteiger partial charge on any atom is 0.416 e. The van der Waals surface area contributed by atoms with Gasteiger partial charge >= 0.3 is 6.18 Å². The van der Waals surface area contributed by atoms with Crippen LogP contribution in [0.2, 0.25) is 4.34 Å². The molecule has 0 saturated heterocycles. The molecule has 118 valence electrons. The van der Waals surface area contributed by atoms with Gasteiger partial charge in [-0.25, -0.2) is 4.98 Å². The molecule has 1 atom stereocenters. The van der Waals surface area contributed by atoms with E-state index in [-0.39, 0.29) is 6.10 Å². The standard InChI is InChI=1S/C15H13ClF3NOS/c1-9(21-2)13-14(16)22-12(20-13)8-5-10-3-6-11(7-4-10)15(17,18)19/h3-9H,1-2H3. The van der Waals surface area contributed by atoms with E-state index in [0.717, 1.165) is 12.1 Å². The first-order valence-corrected chi connectivity index (χ1v) is 7.55. The number of thiazole rings is 1. The van der Waals surface area contributed by atoms with Crippen LogP contribution in [0.4, 0.5) is 13.2 Å². The van der Waals surface area contributed by atoms with Crippen LogP contribution in [0, 0.1) is 0 Å². The second-order valence-corrected chi connectivity index (χ2v) is 6.17. The molecule has 7 heteroatoms. The van der Waals surface area contributed by atoms with E-state index in [4.69, 9.17) is 16.3 Å². The molecule has 1 aromatic carbocycles. The van der Waals surface area contributed by atoms with Crippen LogP contribution in [0.5, 0.6) is 0 Å². The van der Waals surface area contributed by atoms with Crippen molar-refractivity contribution in [3.05, 3.63) is 50.4 Å². The van der Waals surface area contributed by atoms with Crippen molar-refractivity contribution < 1.29 is 17.9 Å². The number of hydrogen-bond acceptors (Lipinski definition) is 3. The van der Waals surface area contributed by atoms with Crippen LogP contribution in [0.1, 0.15) is 34.9 Å². The van der Waals surface area contributed by atoms with Gasteiger partial charge in [-0.05, 0) is 30.7 Å². The second-order valence-electron chi connectivity index (χ2n) is 4.54. The third kappa shape index (κ3) is 4.09. The van der Waals surface area contributed by atoms with E-state index in [1.807, 2.05) is 6.92 Å². The van der Waals surface area contributed by atoms with E-state index in [1.54, 1.807) is 19.3 Å². The first kappa shape index (κ1) is 17.0. The Labute approximate surface area is 135 Å². The van der Waals surface area contributed by atoms with Gasteiger partial charge in [0.2, 0.25) is 0 Å². The van der Waals surface area contributed by atoms with Crippen LogP contribution in [-0.4, -0.2) is 12.1 Å². The third-order valence-electron chi connectivity index (χ3n) is 3.02. The van der Waals surface area contributed by atoms with E-state index in [2.05, 4.69) is 4.98 Å². The molecule has 0 saturated carbocycles. The van der Waals surface area contributed by atoms with E-state index in [1.165, 1.54) is 23.5 Å². The molecule has 0 amide bonds. The number of halogens is 4. The second kappa shape index (κ2) is 6.81. The highest BCUT2D eigenvalue weighted by Crippen LogP contribution is 2.32. The van der Waals surface area contributed by atoms with Gasteiger partial charge in [0.25, 0.3) is 0 Å². The zero-order valence-corrected chi connectivity index (χ0v) is 13.4. The Morgan fingerprint density at radius 2 is 1.86 bits per heavy atom. The lowest BCUT2D eigenvalue weighted by Gasteiger charge is -2.05. The summed E-state index contributed by atoms with van der Waals surface area (Å²) in [6.45, 7) is 1.84. The molecule has 22 heavy (non-hydrogen) atoms. The molecule has 0 aliphatic carbocycles. The van der Waals surface area contributed by atoms with Crippen molar-refractivity contribution in [3.8, 4) is 0 Å². The molecule has 0 bridgehead atoms. The highest BCUT2D eigenvalue weighted by Gasteiger charge is 2.29. The Morgan fingerprint density at radius 3 is 2.41 bits per heavy atom. The fourth-order valence-electron chi connectivity index (χ4n) is 1.71. The average Bonchev–Trinajstić information content (AvgIpc) is 2.85. The molecular weight excluding hydrogens is 335 g/mol. The van der Waals surface area contributed by atoms with Crippen LogP contribution in [0.15, 0.2) is 24.3 Å². The minimum absolute atomic E-state index is 0.211. The fourth-order valence-corrected chi connectivity index (χ4v) is 2.93. The topological polar surface area (TPSA) is 22.1 Å². The zero-order valence-electron chi connectivity index (χ0n) is 11.8. The van der Waals surface area contributed by atoms with Gasteiger partial charge in [-0.1, -0.05) is 29.8 Å². The van der Waals surface area contributed by atoms with Gasteiger partial charge in [-0.2, -0.15) is 13.2 Å². The molecule has 2 rings (SSSR count). The minimum atomic E-state index is -4.32. The monoisotopic (exact) mass is 347 g/mol. The van der Waals surface area contributed by atoms with Crippen molar-refractivity contribution in [2.75, 3.05) is 7.11 Å². The molecule has 1 heterocycles. The first-order chi connectivity index (χ1) is 10.3. The SMILES string of the molecule is COC(C)c1nc(C=Cc2ccc(C(F)(F)F)cc2)sc1Cl. The summed E-state index contributed by atoms with van der Waals surface area (Å²) in [5, 5.41) is 0.670. The van der Waals surface area contributed by atoms with Crippen molar-refractivity contribution in [1.82, 2.24) is 4.98 Å². The number of hydrogen-bond donors (Lipinski definition) is 0. The molecule has 1 unspecified atom stereocenters. The number of methoxy groups -OCH3 is 1. The molecule has 1 aromatic heterocycles. The molecule has 0 aliphatic rings. The Morgan fingerprint density at radius 1 is 1.23 bits per heavy atom. The normalized spacial score (nSPS) is 13.7. The van der Waals surface area contributed by atoms with E-state index < -0.39 is 11.7 Å². The highest BCUT2D eigenvalue weighted by molar-refractivity contribution is 7.16. The van der Waals surface area contributed by atoms with Crippen LogP contribution in [0.3, 0.4) is 0 Å². The lowest BCUT2D eigenvalue weighted by Crippen LogP contribution is -2.03. The molecule has 0 N–H and O–H groups in total. The van der Waals surface area contributed by atoms with E-state index in [0.29, 0.717) is 20.6 Å². The number of rotatable bonds is 4. The van der Waals surface area contributed by atoms with Crippen molar-refractivity contribution in [1.29, 1.82) is 0 Å². The average molecular weight is 348 g/mol. The smallest absolute Gasteiger partial charge is 0.375 e. The van der Waals surface area contributed by atoms with Gasteiger partial charge in [-0.3, -0.25) is 0 Å². The van der Waals surface area contributed by atoms with Gasteiger partial charge in [0.15, 0.2) is 0 Å². The summed E-state index contributed by atoms with van der Waals surface area (Å²) in [7, 11) is 1.57. The summed E-state index contributed by atoms with van der Waals surface area (Å²) < 4.78 is 43.1. The van der Waals surface area contributed by atoms with Crippen LogP contribution >= 0.6 is 22.9 Å².